The summed E-state index contributed by atoms with van der Waals surface area (Å²) in [6.45, 7) is 1.09. The van der Waals surface area contributed by atoms with Gasteiger partial charge in [-0.2, -0.15) is 22.0 Å². The molecule has 0 aliphatic carbocycles. The molecule has 2 nitrogen and oxygen atoms in total. The van der Waals surface area contributed by atoms with Crippen LogP contribution in [-0.2, 0) is 5.92 Å². The second-order valence-electron chi connectivity index (χ2n) is 5.01. The average Bonchev–Trinajstić information content (AvgIpc) is 2.48. The Bertz CT molecular complexity index is 773. The van der Waals surface area contributed by atoms with Crippen molar-refractivity contribution in [2.75, 3.05) is 5.32 Å². The van der Waals surface area contributed by atoms with E-state index in [1.165, 1.54) is 30.3 Å². The first-order chi connectivity index (χ1) is 11.0. The van der Waals surface area contributed by atoms with Gasteiger partial charge in [-0.15, -0.1) is 0 Å². The lowest BCUT2D eigenvalue weighted by atomic mass is 10.00. The third-order valence-electron chi connectivity index (χ3n) is 3.36. The normalized spacial score (nSPS) is 12.1. The highest BCUT2D eigenvalue weighted by Crippen LogP contribution is 2.45. The summed E-state index contributed by atoms with van der Waals surface area (Å²) in [7, 11) is 0. The standard InChI is InChI=1S/C16H11ClF5NO/c1-9-12(15(18,19)16(20,21)22)6-3-7-13(9)23-14(24)10-4-2-5-11(17)8-10/h2-8H,1H3,(H,23,24). The van der Waals surface area contributed by atoms with Crippen molar-refractivity contribution in [3.05, 3.63) is 64.2 Å². The molecule has 24 heavy (non-hydrogen) atoms. The van der Waals surface area contributed by atoms with Gasteiger partial charge in [0.15, 0.2) is 0 Å². The quantitative estimate of drug-likeness (QED) is 0.711. The molecule has 0 aliphatic heterocycles. The molecular formula is C16H11ClF5NO. The zero-order valence-electron chi connectivity index (χ0n) is 12.2. The van der Waals surface area contributed by atoms with Gasteiger partial charge in [0.1, 0.15) is 0 Å². The zero-order chi connectivity index (χ0) is 18.1. The van der Waals surface area contributed by atoms with Gasteiger partial charge in [-0.3, -0.25) is 4.79 Å². The van der Waals surface area contributed by atoms with Crippen LogP contribution in [0.1, 0.15) is 21.5 Å². The largest absolute Gasteiger partial charge is 0.458 e. The highest BCUT2D eigenvalue weighted by atomic mass is 35.5. The molecule has 8 heteroatoms. The van der Waals surface area contributed by atoms with E-state index in [0.717, 1.165) is 13.0 Å². The van der Waals surface area contributed by atoms with Crippen molar-refractivity contribution in [2.24, 2.45) is 0 Å². The lowest BCUT2D eigenvalue weighted by Gasteiger charge is -2.23. The van der Waals surface area contributed by atoms with Crippen LogP contribution in [0, 0.1) is 6.92 Å². The SMILES string of the molecule is Cc1c(NC(=O)c2cccc(Cl)c2)cccc1C(F)(F)C(F)(F)F. The van der Waals surface area contributed by atoms with Gasteiger partial charge < -0.3 is 5.32 Å². The lowest BCUT2D eigenvalue weighted by molar-refractivity contribution is -0.289. The van der Waals surface area contributed by atoms with Crippen LogP contribution in [0.3, 0.4) is 0 Å². The van der Waals surface area contributed by atoms with Crippen LogP contribution in [-0.4, -0.2) is 12.1 Å². The number of rotatable bonds is 3. The monoisotopic (exact) mass is 363 g/mol. The van der Waals surface area contributed by atoms with Gasteiger partial charge in [-0.05, 0) is 36.8 Å². The first-order valence-corrected chi connectivity index (χ1v) is 7.03. The van der Waals surface area contributed by atoms with Gasteiger partial charge >= 0.3 is 12.1 Å². The highest BCUT2D eigenvalue weighted by molar-refractivity contribution is 6.31. The number of hydrogen-bond donors (Lipinski definition) is 1. The van der Waals surface area contributed by atoms with E-state index in [1.807, 2.05) is 0 Å². The maximum Gasteiger partial charge on any atom is 0.458 e. The van der Waals surface area contributed by atoms with Crippen molar-refractivity contribution in [3.8, 4) is 0 Å². The number of nitrogens with one attached hydrogen (secondary N) is 1. The Hall–Kier alpha value is -2.15. The first kappa shape index (κ1) is 18.2. The Kier molecular flexibility index (Phi) is 4.85. The van der Waals surface area contributed by atoms with Crippen molar-refractivity contribution < 1.29 is 26.7 Å². The minimum absolute atomic E-state index is 0.138. The fourth-order valence-corrected chi connectivity index (χ4v) is 2.28. The Morgan fingerprint density at radius 1 is 1.04 bits per heavy atom. The fraction of sp³-hybridized carbons (Fsp3) is 0.188. The van der Waals surface area contributed by atoms with Crippen LogP contribution in [0.15, 0.2) is 42.5 Å². The molecule has 0 atom stereocenters. The Morgan fingerprint density at radius 2 is 1.67 bits per heavy atom. The molecule has 0 bridgehead atoms. The lowest BCUT2D eigenvalue weighted by Crippen LogP contribution is -2.34. The van der Waals surface area contributed by atoms with Gasteiger partial charge in [0.25, 0.3) is 5.91 Å². The number of hydrogen-bond acceptors (Lipinski definition) is 1. The number of benzene rings is 2. The average molecular weight is 364 g/mol. The molecule has 2 aromatic carbocycles. The molecule has 0 fully saturated rings. The van der Waals surface area contributed by atoms with Crippen molar-refractivity contribution in [2.45, 2.75) is 19.0 Å². The summed E-state index contributed by atoms with van der Waals surface area (Å²) in [5, 5.41) is 2.61. The van der Waals surface area contributed by atoms with Crippen LogP contribution < -0.4 is 5.32 Å². The van der Waals surface area contributed by atoms with Crippen LogP contribution in [0.4, 0.5) is 27.6 Å². The maximum atomic E-state index is 13.6. The summed E-state index contributed by atoms with van der Waals surface area (Å²) in [5.74, 6) is -5.69. The smallest absolute Gasteiger partial charge is 0.322 e. The zero-order valence-corrected chi connectivity index (χ0v) is 13.0. The number of carbonyl (C=O) groups is 1. The predicted molar refractivity (Wildman–Crippen MR) is 80.5 cm³/mol. The number of amides is 1. The van der Waals surface area contributed by atoms with Crippen molar-refractivity contribution in [1.29, 1.82) is 0 Å². The van der Waals surface area contributed by atoms with Crippen molar-refractivity contribution in [3.63, 3.8) is 0 Å². The maximum absolute atomic E-state index is 13.6. The second kappa shape index (κ2) is 6.39. The summed E-state index contributed by atoms with van der Waals surface area (Å²) < 4.78 is 64.8. The molecule has 0 spiro atoms. The topological polar surface area (TPSA) is 29.1 Å². The van der Waals surface area contributed by atoms with Crippen LogP contribution in [0.25, 0.3) is 0 Å². The predicted octanol–water partition coefficient (Wildman–Crippen LogP) is 5.55. The fourth-order valence-electron chi connectivity index (χ4n) is 2.09. The molecule has 0 radical (unpaired) electrons. The minimum atomic E-state index is -5.73. The minimum Gasteiger partial charge on any atom is -0.322 e. The number of anilines is 1. The van der Waals surface area contributed by atoms with Crippen molar-refractivity contribution in [1.82, 2.24) is 0 Å². The molecule has 0 unspecified atom stereocenters. The van der Waals surface area contributed by atoms with E-state index in [4.69, 9.17) is 11.6 Å². The summed E-state index contributed by atoms with van der Waals surface area (Å²) in [5.41, 5.74) is -1.56. The molecule has 2 rings (SSSR count). The molecule has 128 valence electrons. The Labute approximate surface area is 139 Å². The number of alkyl halides is 5. The molecule has 1 amide bonds. The van der Waals surface area contributed by atoms with E-state index in [0.29, 0.717) is 6.07 Å². The van der Waals surface area contributed by atoms with Gasteiger partial charge in [0, 0.05) is 21.8 Å². The van der Waals surface area contributed by atoms with E-state index in [-0.39, 0.29) is 21.8 Å². The van der Waals surface area contributed by atoms with E-state index in [1.54, 1.807) is 0 Å². The van der Waals surface area contributed by atoms with Gasteiger partial charge in [0.05, 0.1) is 0 Å². The highest BCUT2D eigenvalue weighted by Gasteiger charge is 2.59. The van der Waals surface area contributed by atoms with E-state index in [9.17, 15) is 26.7 Å². The van der Waals surface area contributed by atoms with E-state index >= 15 is 0 Å². The van der Waals surface area contributed by atoms with Crippen molar-refractivity contribution >= 4 is 23.2 Å². The summed E-state index contributed by atoms with van der Waals surface area (Å²) in [6.07, 6.45) is -5.73. The van der Waals surface area contributed by atoms with Gasteiger partial charge in [-0.25, -0.2) is 0 Å². The second-order valence-corrected chi connectivity index (χ2v) is 5.45. The van der Waals surface area contributed by atoms with Crippen LogP contribution in [0.2, 0.25) is 5.02 Å². The molecule has 2 aromatic rings. The van der Waals surface area contributed by atoms with Crippen LogP contribution in [0.5, 0.6) is 0 Å². The number of halogens is 6. The third kappa shape index (κ3) is 3.51. The van der Waals surface area contributed by atoms with E-state index in [2.05, 4.69) is 5.32 Å². The molecular weight excluding hydrogens is 353 g/mol. The molecule has 1 N–H and O–H groups in total. The van der Waals surface area contributed by atoms with Crippen LogP contribution >= 0.6 is 11.6 Å². The molecule has 0 aliphatic rings. The third-order valence-corrected chi connectivity index (χ3v) is 3.60. The Morgan fingerprint density at radius 3 is 2.25 bits per heavy atom. The summed E-state index contributed by atoms with van der Waals surface area (Å²) in [4.78, 5) is 12.1. The molecule has 0 aromatic heterocycles. The Balaban J connectivity index is 2.37. The summed E-state index contributed by atoms with van der Waals surface area (Å²) in [6, 6.07) is 8.78. The van der Waals surface area contributed by atoms with Gasteiger partial charge in [0.2, 0.25) is 0 Å². The van der Waals surface area contributed by atoms with Gasteiger partial charge in [-0.1, -0.05) is 29.8 Å². The molecule has 0 saturated heterocycles. The first-order valence-electron chi connectivity index (χ1n) is 6.65. The summed E-state index contributed by atoms with van der Waals surface area (Å²) >= 11 is 5.75. The molecule has 0 heterocycles. The number of carbonyl (C=O) groups excluding carboxylic acids is 1. The van der Waals surface area contributed by atoms with E-state index < -0.39 is 23.6 Å². The molecule has 0 saturated carbocycles.